The highest BCUT2D eigenvalue weighted by Crippen LogP contribution is 2.34. The quantitative estimate of drug-likeness (QED) is 0.864. The summed E-state index contributed by atoms with van der Waals surface area (Å²) in [6.07, 6.45) is 8.12. The van der Waals surface area contributed by atoms with E-state index in [4.69, 9.17) is 4.74 Å². The van der Waals surface area contributed by atoms with Gasteiger partial charge in [0.2, 0.25) is 0 Å². The molecular weight excluding hydrogens is 260 g/mol. The van der Waals surface area contributed by atoms with Crippen LogP contribution < -0.4 is 15.4 Å². The summed E-state index contributed by atoms with van der Waals surface area (Å²) < 4.78 is 5.51. The third-order valence-electron chi connectivity index (χ3n) is 4.95. The summed E-state index contributed by atoms with van der Waals surface area (Å²) in [7, 11) is 0. The maximum Gasteiger partial charge on any atom is 0.119 e. The molecule has 1 heterocycles. The van der Waals surface area contributed by atoms with Gasteiger partial charge in [-0.25, -0.2) is 0 Å². The molecule has 0 aromatic heterocycles. The van der Waals surface area contributed by atoms with E-state index in [0.717, 1.165) is 24.3 Å². The number of anilines is 1. The molecule has 1 saturated carbocycles. The largest absolute Gasteiger partial charge is 0.494 e. The molecule has 1 aliphatic heterocycles. The Balaban J connectivity index is 1.60. The topological polar surface area (TPSA) is 33.3 Å². The highest BCUT2D eigenvalue weighted by atomic mass is 16.5. The highest BCUT2D eigenvalue weighted by Gasteiger charge is 2.34. The minimum atomic E-state index is 0.624. The molecule has 2 N–H and O–H groups in total. The van der Waals surface area contributed by atoms with Gasteiger partial charge in [-0.3, -0.25) is 0 Å². The first-order valence-electron chi connectivity index (χ1n) is 8.59. The van der Waals surface area contributed by atoms with Gasteiger partial charge in [-0.1, -0.05) is 12.8 Å². The standard InChI is InChI=1S/C18H28N2O/c1-2-21-15-11-9-14(10-12-15)20-18-8-5-6-16(18)17-7-3-4-13-19-17/h9-12,16-20H,2-8,13H2,1H3. The third-order valence-corrected chi connectivity index (χ3v) is 4.95. The molecule has 0 spiro atoms. The van der Waals surface area contributed by atoms with E-state index < -0.39 is 0 Å². The van der Waals surface area contributed by atoms with Gasteiger partial charge in [-0.15, -0.1) is 0 Å². The third kappa shape index (κ3) is 3.70. The van der Waals surface area contributed by atoms with Crippen molar-refractivity contribution in [2.24, 2.45) is 5.92 Å². The summed E-state index contributed by atoms with van der Waals surface area (Å²) in [5.74, 6) is 1.75. The van der Waals surface area contributed by atoms with Crippen LogP contribution in [0.1, 0.15) is 45.4 Å². The molecule has 2 fully saturated rings. The van der Waals surface area contributed by atoms with E-state index >= 15 is 0 Å². The Hall–Kier alpha value is -1.22. The number of rotatable bonds is 5. The number of piperidine rings is 1. The van der Waals surface area contributed by atoms with Gasteiger partial charge < -0.3 is 15.4 Å². The zero-order valence-electron chi connectivity index (χ0n) is 13.1. The van der Waals surface area contributed by atoms with Crippen LogP contribution in [0.4, 0.5) is 5.69 Å². The smallest absolute Gasteiger partial charge is 0.119 e. The molecule has 3 heteroatoms. The summed E-state index contributed by atoms with van der Waals surface area (Å²) in [6.45, 7) is 3.95. The molecule has 2 aliphatic rings. The second-order valence-electron chi connectivity index (χ2n) is 6.36. The summed E-state index contributed by atoms with van der Waals surface area (Å²) in [4.78, 5) is 0. The molecule has 0 bridgehead atoms. The predicted octanol–water partition coefficient (Wildman–Crippen LogP) is 3.81. The van der Waals surface area contributed by atoms with E-state index in [2.05, 4.69) is 34.9 Å². The van der Waals surface area contributed by atoms with Gasteiger partial charge in [0.1, 0.15) is 5.75 Å². The zero-order chi connectivity index (χ0) is 14.5. The average molecular weight is 288 g/mol. The number of hydrogen-bond acceptors (Lipinski definition) is 3. The first-order valence-corrected chi connectivity index (χ1v) is 8.59. The molecule has 21 heavy (non-hydrogen) atoms. The summed E-state index contributed by atoms with van der Waals surface area (Å²) in [5, 5.41) is 7.50. The second kappa shape index (κ2) is 7.17. The van der Waals surface area contributed by atoms with Crippen LogP contribution >= 0.6 is 0 Å². The maximum absolute atomic E-state index is 5.51. The molecule has 116 valence electrons. The van der Waals surface area contributed by atoms with Crippen LogP contribution in [-0.2, 0) is 0 Å². The van der Waals surface area contributed by atoms with Gasteiger partial charge in [0, 0.05) is 17.8 Å². The van der Waals surface area contributed by atoms with Crippen LogP contribution in [-0.4, -0.2) is 25.2 Å². The SMILES string of the molecule is CCOc1ccc(NC2CCCC2C2CCCCN2)cc1. The fourth-order valence-electron chi connectivity index (χ4n) is 3.92. The average Bonchev–Trinajstić information content (AvgIpc) is 2.98. The van der Waals surface area contributed by atoms with Gasteiger partial charge in [0.15, 0.2) is 0 Å². The Kier molecular flexibility index (Phi) is 5.02. The number of benzene rings is 1. The van der Waals surface area contributed by atoms with Gasteiger partial charge in [0.05, 0.1) is 6.61 Å². The van der Waals surface area contributed by atoms with Crippen molar-refractivity contribution in [2.45, 2.75) is 57.5 Å². The lowest BCUT2D eigenvalue weighted by molar-refractivity contribution is 0.286. The molecule has 0 radical (unpaired) electrons. The fourth-order valence-corrected chi connectivity index (χ4v) is 3.92. The summed E-state index contributed by atoms with van der Waals surface area (Å²) in [5.41, 5.74) is 1.23. The first-order chi connectivity index (χ1) is 10.4. The van der Waals surface area contributed by atoms with Crippen molar-refractivity contribution in [3.8, 4) is 5.75 Å². The van der Waals surface area contributed by atoms with Crippen LogP contribution in [0.3, 0.4) is 0 Å². The number of ether oxygens (including phenoxy) is 1. The van der Waals surface area contributed by atoms with Gasteiger partial charge >= 0.3 is 0 Å². The van der Waals surface area contributed by atoms with E-state index in [-0.39, 0.29) is 0 Å². The molecule has 3 unspecified atom stereocenters. The van der Waals surface area contributed by atoms with E-state index in [1.54, 1.807) is 0 Å². The molecule has 3 rings (SSSR count). The van der Waals surface area contributed by atoms with Gasteiger partial charge in [0.25, 0.3) is 0 Å². The van der Waals surface area contributed by atoms with E-state index in [9.17, 15) is 0 Å². The Morgan fingerprint density at radius 2 is 1.95 bits per heavy atom. The minimum absolute atomic E-state index is 0.624. The number of nitrogens with one attached hydrogen (secondary N) is 2. The van der Waals surface area contributed by atoms with Crippen LogP contribution in [0, 0.1) is 5.92 Å². The van der Waals surface area contributed by atoms with Crippen LogP contribution in [0.15, 0.2) is 24.3 Å². The molecule has 3 nitrogen and oxygen atoms in total. The van der Waals surface area contributed by atoms with Crippen LogP contribution in [0.2, 0.25) is 0 Å². The highest BCUT2D eigenvalue weighted by molar-refractivity contribution is 5.47. The van der Waals surface area contributed by atoms with Crippen molar-refractivity contribution in [3.05, 3.63) is 24.3 Å². The summed E-state index contributed by atoms with van der Waals surface area (Å²) >= 11 is 0. The Morgan fingerprint density at radius 1 is 1.10 bits per heavy atom. The summed E-state index contributed by atoms with van der Waals surface area (Å²) in [6, 6.07) is 9.77. The molecule has 1 aromatic carbocycles. The van der Waals surface area contributed by atoms with Crippen molar-refractivity contribution in [3.63, 3.8) is 0 Å². The molecule has 1 aliphatic carbocycles. The Morgan fingerprint density at radius 3 is 2.67 bits per heavy atom. The molecule has 1 saturated heterocycles. The van der Waals surface area contributed by atoms with Crippen molar-refractivity contribution >= 4 is 5.69 Å². The van der Waals surface area contributed by atoms with Crippen LogP contribution in [0.25, 0.3) is 0 Å². The molecule has 0 amide bonds. The first kappa shape index (κ1) is 14.7. The second-order valence-corrected chi connectivity index (χ2v) is 6.36. The Bertz CT molecular complexity index is 425. The van der Waals surface area contributed by atoms with Gasteiger partial charge in [-0.05, 0) is 69.3 Å². The minimum Gasteiger partial charge on any atom is -0.494 e. The maximum atomic E-state index is 5.51. The van der Waals surface area contributed by atoms with Crippen molar-refractivity contribution < 1.29 is 4.74 Å². The zero-order valence-corrected chi connectivity index (χ0v) is 13.1. The van der Waals surface area contributed by atoms with Gasteiger partial charge in [-0.2, -0.15) is 0 Å². The number of hydrogen-bond donors (Lipinski definition) is 2. The lowest BCUT2D eigenvalue weighted by Crippen LogP contribution is -2.44. The fraction of sp³-hybridized carbons (Fsp3) is 0.667. The van der Waals surface area contributed by atoms with Crippen molar-refractivity contribution in [1.29, 1.82) is 0 Å². The molecular formula is C18H28N2O. The van der Waals surface area contributed by atoms with Crippen LogP contribution in [0.5, 0.6) is 5.75 Å². The lowest BCUT2D eigenvalue weighted by Gasteiger charge is -2.33. The predicted molar refractivity (Wildman–Crippen MR) is 88.0 cm³/mol. The molecule has 1 aromatic rings. The van der Waals surface area contributed by atoms with E-state index in [0.29, 0.717) is 6.04 Å². The van der Waals surface area contributed by atoms with E-state index in [1.807, 2.05) is 6.92 Å². The van der Waals surface area contributed by atoms with Crippen molar-refractivity contribution in [1.82, 2.24) is 5.32 Å². The molecule has 3 atom stereocenters. The Labute approximate surface area is 128 Å². The normalized spacial score (nSPS) is 29.3. The van der Waals surface area contributed by atoms with E-state index in [1.165, 1.54) is 50.8 Å². The monoisotopic (exact) mass is 288 g/mol. The lowest BCUT2D eigenvalue weighted by atomic mass is 9.88. The van der Waals surface area contributed by atoms with Crippen molar-refractivity contribution in [2.75, 3.05) is 18.5 Å².